The van der Waals surface area contributed by atoms with Gasteiger partial charge < -0.3 is 25.0 Å². The Morgan fingerprint density at radius 3 is 2.51 bits per heavy atom. The Labute approximate surface area is 212 Å². The summed E-state index contributed by atoms with van der Waals surface area (Å²) in [4.78, 5) is 37.1. The van der Waals surface area contributed by atoms with E-state index < -0.39 is 17.9 Å². The molecule has 4 aromatic rings. The molecule has 1 unspecified atom stereocenters. The van der Waals surface area contributed by atoms with Gasteiger partial charge in [-0.15, -0.1) is 0 Å². The Morgan fingerprint density at radius 2 is 1.81 bits per heavy atom. The number of carbonyl (C=O) groups is 3. The maximum absolute atomic E-state index is 13.4. The SMILES string of the molecule is CNC(=O)c1ccc2c(C)cn(C(C)C(=O)Nc3cc(C#N)ccc3Oc3ccccc3C(=O)O)c2c1. The van der Waals surface area contributed by atoms with Gasteiger partial charge in [-0.25, -0.2) is 4.79 Å². The van der Waals surface area contributed by atoms with Crippen LogP contribution in [-0.2, 0) is 4.79 Å². The first-order valence-corrected chi connectivity index (χ1v) is 11.4. The predicted molar refractivity (Wildman–Crippen MR) is 138 cm³/mol. The van der Waals surface area contributed by atoms with Gasteiger partial charge >= 0.3 is 5.97 Å². The Hall–Kier alpha value is -5.10. The van der Waals surface area contributed by atoms with Crippen molar-refractivity contribution in [3.63, 3.8) is 0 Å². The number of carboxylic acid groups (broad SMARTS) is 1. The Morgan fingerprint density at radius 1 is 1.05 bits per heavy atom. The molecule has 4 rings (SSSR count). The average Bonchev–Trinajstić information content (AvgIpc) is 3.24. The van der Waals surface area contributed by atoms with Gasteiger partial charge in [0.25, 0.3) is 5.91 Å². The highest BCUT2D eigenvalue weighted by molar-refractivity contribution is 6.00. The van der Waals surface area contributed by atoms with Crippen molar-refractivity contribution in [1.82, 2.24) is 9.88 Å². The van der Waals surface area contributed by atoms with Crippen molar-refractivity contribution in [2.45, 2.75) is 19.9 Å². The summed E-state index contributed by atoms with van der Waals surface area (Å²) in [6.07, 6.45) is 1.84. The molecule has 0 radical (unpaired) electrons. The quantitative estimate of drug-likeness (QED) is 0.334. The maximum Gasteiger partial charge on any atom is 0.339 e. The molecule has 0 spiro atoms. The lowest BCUT2D eigenvalue weighted by atomic mass is 10.1. The number of carboxylic acids is 1. The van der Waals surface area contributed by atoms with E-state index in [0.29, 0.717) is 11.1 Å². The van der Waals surface area contributed by atoms with Crippen LogP contribution in [-0.4, -0.2) is 34.5 Å². The first kappa shape index (κ1) is 25.0. The highest BCUT2D eigenvalue weighted by Crippen LogP contribution is 2.33. The minimum Gasteiger partial charge on any atom is -0.478 e. The van der Waals surface area contributed by atoms with Crippen molar-refractivity contribution in [3.8, 4) is 17.6 Å². The van der Waals surface area contributed by atoms with Gasteiger partial charge in [0.2, 0.25) is 5.91 Å². The topological polar surface area (TPSA) is 133 Å². The second kappa shape index (κ2) is 10.3. The first-order chi connectivity index (χ1) is 17.7. The number of para-hydroxylation sites is 1. The first-order valence-electron chi connectivity index (χ1n) is 11.4. The molecule has 0 saturated carbocycles. The maximum atomic E-state index is 13.4. The van der Waals surface area contributed by atoms with Crippen molar-refractivity contribution >= 4 is 34.4 Å². The summed E-state index contributed by atoms with van der Waals surface area (Å²) in [7, 11) is 1.55. The second-order valence-electron chi connectivity index (χ2n) is 8.42. The van der Waals surface area contributed by atoms with E-state index in [1.807, 2.05) is 25.3 Å². The van der Waals surface area contributed by atoms with Gasteiger partial charge in [-0.3, -0.25) is 9.59 Å². The fourth-order valence-electron chi connectivity index (χ4n) is 4.03. The normalized spacial score (nSPS) is 11.4. The van der Waals surface area contributed by atoms with Gasteiger partial charge in [0.15, 0.2) is 5.75 Å². The van der Waals surface area contributed by atoms with Gasteiger partial charge in [0.05, 0.1) is 17.3 Å². The third-order valence-corrected chi connectivity index (χ3v) is 6.02. The summed E-state index contributed by atoms with van der Waals surface area (Å²) in [5, 5.41) is 25.2. The predicted octanol–water partition coefficient (Wildman–Crippen LogP) is 4.87. The van der Waals surface area contributed by atoms with Crippen molar-refractivity contribution in [2.24, 2.45) is 0 Å². The number of aryl methyl sites for hydroxylation is 1. The summed E-state index contributed by atoms with van der Waals surface area (Å²) in [5.41, 5.74) is 2.60. The fourth-order valence-corrected chi connectivity index (χ4v) is 4.03. The fraction of sp³-hybridized carbons (Fsp3) is 0.143. The number of carbonyl (C=O) groups excluding carboxylic acids is 2. The molecule has 1 heterocycles. The number of benzene rings is 3. The number of aromatic carboxylic acids is 1. The van der Waals surface area contributed by atoms with Crippen LogP contribution in [0.3, 0.4) is 0 Å². The van der Waals surface area contributed by atoms with E-state index in [0.717, 1.165) is 16.5 Å². The molecule has 0 bridgehead atoms. The van der Waals surface area contributed by atoms with E-state index in [2.05, 4.69) is 10.6 Å². The van der Waals surface area contributed by atoms with Crippen molar-refractivity contribution in [3.05, 3.63) is 89.1 Å². The molecule has 9 nitrogen and oxygen atoms in total. The van der Waals surface area contributed by atoms with E-state index >= 15 is 0 Å². The number of aromatic nitrogens is 1. The second-order valence-corrected chi connectivity index (χ2v) is 8.42. The number of nitriles is 1. The van der Waals surface area contributed by atoms with Crippen LogP contribution >= 0.6 is 0 Å². The number of hydrogen-bond donors (Lipinski definition) is 3. The molecule has 0 saturated heterocycles. The lowest BCUT2D eigenvalue weighted by Gasteiger charge is -2.18. The molecular weight excluding hydrogens is 472 g/mol. The van der Waals surface area contributed by atoms with Gasteiger partial charge in [-0.1, -0.05) is 18.2 Å². The van der Waals surface area contributed by atoms with Crippen molar-refractivity contribution in [2.75, 3.05) is 12.4 Å². The lowest BCUT2D eigenvalue weighted by Crippen LogP contribution is -2.23. The van der Waals surface area contributed by atoms with Crippen LogP contribution in [0.5, 0.6) is 11.5 Å². The van der Waals surface area contributed by atoms with E-state index in [4.69, 9.17) is 4.74 Å². The highest BCUT2D eigenvalue weighted by atomic mass is 16.5. The minimum absolute atomic E-state index is 0.0429. The summed E-state index contributed by atoms with van der Waals surface area (Å²) < 4.78 is 7.64. The molecule has 1 atom stereocenters. The van der Waals surface area contributed by atoms with E-state index in [-0.39, 0.29) is 28.7 Å². The molecule has 186 valence electrons. The Bertz CT molecular complexity index is 1580. The molecule has 1 aromatic heterocycles. The van der Waals surface area contributed by atoms with Crippen molar-refractivity contribution in [1.29, 1.82) is 5.26 Å². The summed E-state index contributed by atoms with van der Waals surface area (Å²) in [5.74, 6) is -1.51. The van der Waals surface area contributed by atoms with E-state index in [1.165, 1.54) is 30.3 Å². The average molecular weight is 497 g/mol. The molecule has 37 heavy (non-hydrogen) atoms. The number of ether oxygens (including phenoxy) is 1. The largest absolute Gasteiger partial charge is 0.478 e. The van der Waals surface area contributed by atoms with Crippen LogP contribution in [0.1, 0.15) is 44.8 Å². The van der Waals surface area contributed by atoms with E-state index in [1.54, 1.807) is 42.8 Å². The summed E-state index contributed by atoms with van der Waals surface area (Å²) in [6.45, 7) is 3.64. The van der Waals surface area contributed by atoms with Gasteiger partial charge in [0.1, 0.15) is 17.4 Å². The minimum atomic E-state index is -1.16. The lowest BCUT2D eigenvalue weighted by molar-refractivity contribution is -0.118. The summed E-state index contributed by atoms with van der Waals surface area (Å²) >= 11 is 0. The monoisotopic (exact) mass is 496 g/mol. The molecule has 3 N–H and O–H groups in total. The molecule has 3 aromatic carbocycles. The van der Waals surface area contributed by atoms with Crippen LogP contribution < -0.4 is 15.4 Å². The van der Waals surface area contributed by atoms with Crippen LogP contribution in [0.15, 0.2) is 66.9 Å². The van der Waals surface area contributed by atoms with Crippen LogP contribution in [0.4, 0.5) is 5.69 Å². The standard InChI is InChI=1S/C28H24N4O5/c1-16-15-32(23-13-19(27(34)30-3)9-10-20(16)23)17(2)26(33)31-22-12-18(14-29)8-11-25(22)37-24-7-5-4-6-21(24)28(35)36/h4-13,15,17H,1-3H3,(H,30,34)(H,31,33)(H,35,36). The highest BCUT2D eigenvalue weighted by Gasteiger charge is 2.21. The zero-order valence-electron chi connectivity index (χ0n) is 20.4. The molecule has 0 aliphatic carbocycles. The molecule has 2 amide bonds. The summed E-state index contributed by atoms with van der Waals surface area (Å²) in [6, 6.07) is 17.3. The number of hydrogen-bond acceptors (Lipinski definition) is 5. The van der Waals surface area contributed by atoms with Crippen LogP contribution in [0.2, 0.25) is 0 Å². The number of nitrogens with zero attached hydrogens (tertiary/aromatic N) is 2. The smallest absolute Gasteiger partial charge is 0.339 e. The number of rotatable bonds is 7. The zero-order chi connectivity index (χ0) is 26.7. The molecule has 0 aliphatic rings. The van der Waals surface area contributed by atoms with Crippen LogP contribution in [0, 0.1) is 18.3 Å². The van der Waals surface area contributed by atoms with Gasteiger partial charge in [-0.2, -0.15) is 5.26 Å². The zero-order valence-corrected chi connectivity index (χ0v) is 20.4. The molecule has 0 aliphatic heterocycles. The molecule has 9 heteroatoms. The number of nitrogens with one attached hydrogen (secondary N) is 2. The third-order valence-electron chi connectivity index (χ3n) is 6.02. The third kappa shape index (κ3) is 4.99. The number of amides is 2. The Balaban J connectivity index is 1.68. The van der Waals surface area contributed by atoms with Gasteiger partial charge in [-0.05, 0) is 61.9 Å². The Kier molecular flexibility index (Phi) is 6.93. The molecule has 0 fully saturated rings. The molecular formula is C28H24N4O5. The van der Waals surface area contributed by atoms with E-state index in [9.17, 15) is 24.8 Å². The number of fused-ring (bicyclic) bond motifs is 1. The number of anilines is 1. The van der Waals surface area contributed by atoms with Crippen molar-refractivity contribution < 1.29 is 24.2 Å². The van der Waals surface area contributed by atoms with Gasteiger partial charge in [0, 0.05) is 29.7 Å². The van der Waals surface area contributed by atoms with Crippen LogP contribution in [0.25, 0.3) is 10.9 Å².